The molecule has 2 aromatic rings. The molecular formula is C15H17N3O3S. The van der Waals surface area contributed by atoms with E-state index in [0.29, 0.717) is 5.69 Å². The van der Waals surface area contributed by atoms with Gasteiger partial charge in [-0.1, -0.05) is 6.07 Å². The summed E-state index contributed by atoms with van der Waals surface area (Å²) in [4.78, 5) is 16.1. The maximum Gasteiger partial charge on any atom is 0.319 e. The van der Waals surface area contributed by atoms with Crippen molar-refractivity contribution in [2.24, 2.45) is 0 Å². The van der Waals surface area contributed by atoms with Crippen molar-refractivity contribution in [2.75, 3.05) is 11.6 Å². The van der Waals surface area contributed by atoms with Gasteiger partial charge in [-0.25, -0.2) is 13.2 Å². The van der Waals surface area contributed by atoms with Gasteiger partial charge in [-0.15, -0.1) is 0 Å². The van der Waals surface area contributed by atoms with Crippen LogP contribution in [0, 0.1) is 0 Å². The third-order valence-corrected chi connectivity index (χ3v) is 4.18. The van der Waals surface area contributed by atoms with Gasteiger partial charge in [0.1, 0.15) is 0 Å². The van der Waals surface area contributed by atoms with Crippen LogP contribution in [0.15, 0.2) is 53.7 Å². The fourth-order valence-corrected chi connectivity index (χ4v) is 2.57. The highest BCUT2D eigenvalue weighted by molar-refractivity contribution is 7.90. The van der Waals surface area contributed by atoms with Crippen LogP contribution in [0.5, 0.6) is 0 Å². The predicted molar refractivity (Wildman–Crippen MR) is 84.4 cm³/mol. The Kier molecular flexibility index (Phi) is 4.77. The first-order valence-corrected chi connectivity index (χ1v) is 8.53. The standard InChI is InChI=1S/C15H17N3O3S/c1-11(12-6-8-16-9-7-12)17-15(19)18-13-4-3-5-14(10-13)22(2,20)21/h3-11H,1-2H3,(H2,17,18,19). The van der Waals surface area contributed by atoms with E-state index in [4.69, 9.17) is 0 Å². The van der Waals surface area contributed by atoms with Crippen molar-refractivity contribution >= 4 is 21.6 Å². The summed E-state index contributed by atoms with van der Waals surface area (Å²) in [5.41, 5.74) is 1.34. The molecule has 7 heteroatoms. The molecular weight excluding hydrogens is 302 g/mol. The Balaban J connectivity index is 2.04. The van der Waals surface area contributed by atoms with E-state index in [1.165, 1.54) is 12.1 Å². The van der Waals surface area contributed by atoms with E-state index in [0.717, 1.165) is 11.8 Å². The maximum absolute atomic E-state index is 12.0. The molecule has 6 nitrogen and oxygen atoms in total. The third kappa shape index (κ3) is 4.29. The second-order valence-corrected chi connectivity index (χ2v) is 6.92. The lowest BCUT2D eigenvalue weighted by molar-refractivity contribution is 0.249. The number of amides is 2. The van der Waals surface area contributed by atoms with Crippen LogP contribution in [0.25, 0.3) is 0 Å². The van der Waals surface area contributed by atoms with E-state index in [1.54, 1.807) is 24.5 Å². The lowest BCUT2D eigenvalue weighted by Crippen LogP contribution is -2.31. The average Bonchev–Trinajstić information content (AvgIpc) is 2.47. The molecule has 1 aromatic carbocycles. The molecule has 1 heterocycles. The number of hydrogen-bond acceptors (Lipinski definition) is 4. The Morgan fingerprint density at radius 2 is 1.86 bits per heavy atom. The molecule has 0 aliphatic rings. The monoisotopic (exact) mass is 319 g/mol. The second-order valence-electron chi connectivity index (χ2n) is 4.90. The van der Waals surface area contributed by atoms with Crippen LogP contribution in [0.1, 0.15) is 18.5 Å². The molecule has 0 bridgehead atoms. The molecule has 0 spiro atoms. The highest BCUT2D eigenvalue weighted by Crippen LogP contribution is 2.16. The highest BCUT2D eigenvalue weighted by atomic mass is 32.2. The van der Waals surface area contributed by atoms with Gasteiger partial charge in [0.25, 0.3) is 0 Å². The van der Waals surface area contributed by atoms with Crippen molar-refractivity contribution in [2.45, 2.75) is 17.9 Å². The second kappa shape index (κ2) is 6.57. The fraction of sp³-hybridized carbons (Fsp3) is 0.200. The largest absolute Gasteiger partial charge is 0.331 e. The van der Waals surface area contributed by atoms with Crippen molar-refractivity contribution < 1.29 is 13.2 Å². The number of hydrogen-bond donors (Lipinski definition) is 2. The number of benzene rings is 1. The van der Waals surface area contributed by atoms with Crippen molar-refractivity contribution in [1.29, 1.82) is 0 Å². The van der Waals surface area contributed by atoms with Gasteiger partial charge in [0.05, 0.1) is 10.9 Å². The van der Waals surface area contributed by atoms with E-state index in [-0.39, 0.29) is 10.9 Å². The molecule has 116 valence electrons. The Bertz CT molecular complexity index is 761. The number of aromatic nitrogens is 1. The fourth-order valence-electron chi connectivity index (χ4n) is 1.90. The van der Waals surface area contributed by atoms with Crippen LogP contribution in [0.3, 0.4) is 0 Å². The highest BCUT2D eigenvalue weighted by Gasteiger charge is 2.11. The van der Waals surface area contributed by atoms with Gasteiger partial charge in [-0.3, -0.25) is 4.98 Å². The maximum atomic E-state index is 12.0. The van der Waals surface area contributed by atoms with Gasteiger partial charge in [0.2, 0.25) is 0 Å². The summed E-state index contributed by atoms with van der Waals surface area (Å²) in [6.07, 6.45) is 4.43. The summed E-state index contributed by atoms with van der Waals surface area (Å²) in [7, 11) is -3.31. The lowest BCUT2D eigenvalue weighted by atomic mass is 10.1. The summed E-state index contributed by atoms with van der Waals surface area (Å²) in [5, 5.41) is 5.40. The Hall–Kier alpha value is -2.41. The van der Waals surface area contributed by atoms with Gasteiger partial charge >= 0.3 is 6.03 Å². The van der Waals surface area contributed by atoms with Crippen molar-refractivity contribution in [3.63, 3.8) is 0 Å². The van der Waals surface area contributed by atoms with Crippen LogP contribution >= 0.6 is 0 Å². The summed E-state index contributed by atoms with van der Waals surface area (Å²) < 4.78 is 23.0. The number of urea groups is 1. The first-order valence-electron chi connectivity index (χ1n) is 6.64. The quantitative estimate of drug-likeness (QED) is 0.905. The molecule has 2 amide bonds. The number of carbonyl (C=O) groups is 1. The topological polar surface area (TPSA) is 88.2 Å². The zero-order valence-electron chi connectivity index (χ0n) is 12.3. The van der Waals surface area contributed by atoms with Crippen molar-refractivity contribution in [3.05, 3.63) is 54.4 Å². The SMILES string of the molecule is CC(NC(=O)Nc1cccc(S(C)(=O)=O)c1)c1ccncc1. The molecule has 0 saturated heterocycles. The van der Waals surface area contributed by atoms with E-state index < -0.39 is 15.9 Å². The molecule has 1 unspecified atom stereocenters. The number of carbonyl (C=O) groups excluding carboxylic acids is 1. The van der Waals surface area contributed by atoms with Gasteiger partial charge in [0.15, 0.2) is 9.84 Å². The summed E-state index contributed by atoms with van der Waals surface area (Å²) >= 11 is 0. The molecule has 0 fully saturated rings. The molecule has 0 aliphatic carbocycles. The normalized spacial score (nSPS) is 12.5. The third-order valence-electron chi connectivity index (χ3n) is 3.07. The van der Waals surface area contributed by atoms with Gasteiger partial charge < -0.3 is 10.6 Å². The average molecular weight is 319 g/mol. The molecule has 0 radical (unpaired) electrons. The van der Waals surface area contributed by atoms with Crippen LogP contribution < -0.4 is 10.6 Å². The van der Waals surface area contributed by atoms with Crippen LogP contribution in [0.4, 0.5) is 10.5 Å². The smallest absolute Gasteiger partial charge is 0.319 e. The predicted octanol–water partition coefficient (Wildman–Crippen LogP) is 2.37. The number of sulfone groups is 1. The van der Waals surface area contributed by atoms with Gasteiger partial charge in [-0.05, 0) is 42.8 Å². The number of pyridine rings is 1. The Morgan fingerprint density at radius 3 is 2.50 bits per heavy atom. The van der Waals surface area contributed by atoms with Crippen molar-refractivity contribution in [1.82, 2.24) is 10.3 Å². The number of nitrogens with one attached hydrogen (secondary N) is 2. The van der Waals surface area contributed by atoms with Crippen LogP contribution in [-0.2, 0) is 9.84 Å². The molecule has 2 N–H and O–H groups in total. The minimum Gasteiger partial charge on any atom is -0.331 e. The zero-order chi connectivity index (χ0) is 16.2. The van der Waals surface area contributed by atoms with Crippen molar-refractivity contribution in [3.8, 4) is 0 Å². The summed E-state index contributed by atoms with van der Waals surface area (Å²) in [6, 6.07) is 9.15. The zero-order valence-corrected chi connectivity index (χ0v) is 13.1. The molecule has 0 aliphatic heterocycles. The van der Waals surface area contributed by atoms with E-state index in [1.807, 2.05) is 19.1 Å². The molecule has 22 heavy (non-hydrogen) atoms. The Labute approximate surface area is 129 Å². The molecule has 0 saturated carbocycles. The summed E-state index contributed by atoms with van der Waals surface area (Å²) in [6.45, 7) is 1.85. The number of anilines is 1. The minimum absolute atomic E-state index is 0.160. The van der Waals surface area contributed by atoms with Crippen LogP contribution in [0.2, 0.25) is 0 Å². The molecule has 1 aromatic heterocycles. The van der Waals surface area contributed by atoms with E-state index in [2.05, 4.69) is 15.6 Å². The van der Waals surface area contributed by atoms with Gasteiger partial charge in [-0.2, -0.15) is 0 Å². The number of nitrogens with zero attached hydrogens (tertiary/aromatic N) is 1. The van der Waals surface area contributed by atoms with E-state index in [9.17, 15) is 13.2 Å². The van der Waals surface area contributed by atoms with E-state index >= 15 is 0 Å². The number of rotatable bonds is 4. The molecule has 2 rings (SSSR count). The summed E-state index contributed by atoms with van der Waals surface area (Å²) in [5.74, 6) is 0. The Morgan fingerprint density at radius 1 is 1.18 bits per heavy atom. The first kappa shape index (κ1) is 16.0. The van der Waals surface area contributed by atoms with Crippen LogP contribution in [-0.4, -0.2) is 25.7 Å². The lowest BCUT2D eigenvalue weighted by Gasteiger charge is -2.15. The minimum atomic E-state index is -3.31. The molecule has 1 atom stereocenters. The van der Waals surface area contributed by atoms with Gasteiger partial charge in [0, 0.05) is 24.3 Å². The first-order chi connectivity index (χ1) is 10.4.